The quantitative estimate of drug-likeness (QED) is 0.278. The van der Waals surface area contributed by atoms with Crippen molar-refractivity contribution in [1.29, 1.82) is 0 Å². The van der Waals surface area contributed by atoms with Crippen molar-refractivity contribution in [2.24, 2.45) is 0 Å². The van der Waals surface area contributed by atoms with Crippen LogP contribution in [-0.2, 0) is 13.0 Å². The molecule has 0 saturated heterocycles. The molecule has 0 fully saturated rings. The molecule has 0 aliphatic heterocycles. The van der Waals surface area contributed by atoms with E-state index in [0.717, 1.165) is 0 Å². The zero-order valence-electron chi connectivity index (χ0n) is 17.2. The maximum atomic E-state index is 4.77. The van der Waals surface area contributed by atoms with Gasteiger partial charge in [0.05, 0.1) is 0 Å². The van der Waals surface area contributed by atoms with Crippen molar-refractivity contribution >= 4 is 42.7 Å². The number of fused-ring (bicyclic) bond motifs is 2. The van der Waals surface area contributed by atoms with Crippen LogP contribution in [0.25, 0.3) is 12.2 Å². The van der Waals surface area contributed by atoms with Crippen LogP contribution < -0.4 is 0 Å². The van der Waals surface area contributed by atoms with Crippen LogP contribution >= 0.6 is 24.6 Å². The SMILES string of the molecule is CC[SiH](CC)[Hf]([Br])([Br])([CH]1C(C)=Cc2ccccc21)[CH]1C(C)=Cc2ccccc21. The van der Waals surface area contributed by atoms with Crippen molar-refractivity contribution in [3.63, 3.8) is 0 Å². The summed E-state index contributed by atoms with van der Waals surface area (Å²) in [5.41, 5.74) is 9.09. The van der Waals surface area contributed by atoms with Crippen molar-refractivity contribution < 1.29 is 13.0 Å². The molecule has 2 aromatic carbocycles. The number of hydrogen-bond donors (Lipinski definition) is 0. The molecular weight excluding hydrogens is 655 g/mol. The van der Waals surface area contributed by atoms with Gasteiger partial charge in [-0.1, -0.05) is 0 Å². The molecule has 0 nitrogen and oxygen atoms in total. The van der Waals surface area contributed by atoms with Crippen LogP contribution in [0.5, 0.6) is 0 Å². The molecule has 0 amide bonds. The first-order valence-corrected chi connectivity index (χ1v) is 38.7. The molecule has 4 rings (SSSR count). The molecule has 28 heavy (non-hydrogen) atoms. The predicted octanol–water partition coefficient (Wildman–Crippen LogP) is 8.38. The van der Waals surface area contributed by atoms with E-state index in [9.17, 15) is 0 Å². The molecular formula is C24H29Br2HfSi. The average Bonchev–Trinajstić information content (AvgIpc) is 3.18. The van der Waals surface area contributed by atoms with Crippen LogP contribution in [0.1, 0.15) is 57.3 Å². The van der Waals surface area contributed by atoms with Crippen molar-refractivity contribution in [2.75, 3.05) is 0 Å². The van der Waals surface area contributed by atoms with Crippen molar-refractivity contribution in [3.05, 3.63) is 81.9 Å². The summed E-state index contributed by atoms with van der Waals surface area (Å²) in [7, 11) is 0. The van der Waals surface area contributed by atoms with E-state index in [1.165, 1.54) is 23.2 Å². The van der Waals surface area contributed by atoms with E-state index in [1.807, 2.05) is 0 Å². The summed E-state index contributed by atoms with van der Waals surface area (Å²) >= 11 is 5.67. The molecule has 0 heterocycles. The van der Waals surface area contributed by atoms with Gasteiger partial charge in [-0.2, -0.15) is 0 Å². The van der Waals surface area contributed by atoms with E-state index in [2.05, 4.69) is 88.4 Å². The Bertz CT molecular complexity index is 916. The van der Waals surface area contributed by atoms with Crippen LogP contribution in [0.2, 0.25) is 12.1 Å². The van der Waals surface area contributed by atoms with Gasteiger partial charge in [-0.3, -0.25) is 0 Å². The second kappa shape index (κ2) is 7.58. The van der Waals surface area contributed by atoms with Gasteiger partial charge in [0.2, 0.25) is 0 Å². The zero-order valence-corrected chi connectivity index (χ0v) is 25.1. The molecule has 4 heteroatoms. The number of rotatable bonds is 5. The second-order valence-corrected chi connectivity index (χ2v) is 95.1. The van der Waals surface area contributed by atoms with Gasteiger partial charge in [-0.05, 0) is 0 Å². The molecule has 147 valence electrons. The summed E-state index contributed by atoms with van der Waals surface area (Å²) < 4.78 is 1.09. The fraction of sp³-hybridized carbons (Fsp3) is 0.333. The summed E-state index contributed by atoms with van der Waals surface area (Å²) in [6.45, 7) is 9.64. The summed E-state index contributed by atoms with van der Waals surface area (Å²) in [5, 5.41) is 0. The monoisotopic (exact) mass is 683 g/mol. The minimum absolute atomic E-state index is 0.546. The van der Waals surface area contributed by atoms with Crippen LogP contribution in [0.3, 0.4) is 0 Å². The van der Waals surface area contributed by atoms with Crippen LogP contribution in [0, 0.1) is 0 Å². The molecule has 2 atom stereocenters. The Kier molecular flexibility index (Phi) is 5.74. The normalized spacial score (nSPS) is 22.3. The number of hydrogen-bond acceptors (Lipinski definition) is 0. The van der Waals surface area contributed by atoms with E-state index in [-0.39, 0.29) is 0 Å². The van der Waals surface area contributed by atoms with E-state index in [0.29, 0.717) is 7.35 Å². The van der Waals surface area contributed by atoms with Gasteiger partial charge in [-0.25, -0.2) is 0 Å². The van der Waals surface area contributed by atoms with Gasteiger partial charge in [0, 0.05) is 0 Å². The van der Waals surface area contributed by atoms with E-state index in [4.69, 9.17) is 24.6 Å². The summed E-state index contributed by atoms with van der Waals surface area (Å²) in [6, 6.07) is 20.9. The average molecular weight is 684 g/mol. The number of halogens is 2. The molecule has 0 spiro atoms. The first-order chi connectivity index (χ1) is 13.3. The Hall–Kier alpha value is -0.0330. The van der Waals surface area contributed by atoms with Crippen LogP contribution in [0.15, 0.2) is 59.7 Å². The third-order valence-corrected chi connectivity index (χ3v) is 102. The van der Waals surface area contributed by atoms with Crippen molar-refractivity contribution in [1.82, 2.24) is 0 Å². The molecule has 0 N–H and O–H groups in total. The molecule has 0 aromatic heterocycles. The van der Waals surface area contributed by atoms with Gasteiger partial charge >= 0.3 is 185 Å². The minimum atomic E-state index is -3.86. The first kappa shape index (κ1) is 21.2. The van der Waals surface area contributed by atoms with Crippen molar-refractivity contribution in [2.45, 2.75) is 47.1 Å². The van der Waals surface area contributed by atoms with E-state index in [1.54, 1.807) is 22.3 Å². The third-order valence-electron chi connectivity index (χ3n) is 7.16. The van der Waals surface area contributed by atoms with Gasteiger partial charge in [0.25, 0.3) is 0 Å². The van der Waals surface area contributed by atoms with Crippen LogP contribution in [-0.4, -0.2) is 5.98 Å². The predicted molar refractivity (Wildman–Crippen MR) is 132 cm³/mol. The molecule has 2 unspecified atom stereocenters. The number of allylic oxidation sites excluding steroid dienone is 2. The fourth-order valence-corrected chi connectivity index (χ4v) is 109. The topological polar surface area (TPSA) is 0 Å². The first-order valence-electron chi connectivity index (χ1n) is 10.4. The summed E-state index contributed by atoms with van der Waals surface area (Å²) in [5.74, 6) is -1.07. The molecule has 2 aliphatic rings. The summed E-state index contributed by atoms with van der Waals surface area (Å²) in [4.78, 5) is 0. The van der Waals surface area contributed by atoms with Gasteiger partial charge in [0.15, 0.2) is 0 Å². The molecule has 0 radical (unpaired) electrons. The molecule has 0 bridgehead atoms. The van der Waals surface area contributed by atoms with Crippen LogP contribution in [0.4, 0.5) is 0 Å². The van der Waals surface area contributed by atoms with E-state index >= 15 is 0 Å². The zero-order chi connectivity index (χ0) is 20.1. The van der Waals surface area contributed by atoms with Gasteiger partial charge in [-0.15, -0.1) is 0 Å². The van der Waals surface area contributed by atoms with Gasteiger partial charge < -0.3 is 0 Å². The Balaban J connectivity index is 2.02. The Morgan fingerprint density at radius 1 is 0.750 bits per heavy atom. The Morgan fingerprint density at radius 2 is 1.14 bits per heavy atom. The molecule has 0 saturated carbocycles. The molecule has 2 aliphatic carbocycles. The maximum absolute atomic E-state index is 4.77. The molecule has 2 aromatic rings. The Labute approximate surface area is 183 Å². The Morgan fingerprint density at radius 3 is 1.54 bits per heavy atom. The number of benzene rings is 2. The fourth-order valence-electron chi connectivity index (χ4n) is 6.13. The second-order valence-electron chi connectivity index (χ2n) is 8.64. The summed E-state index contributed by atoms with van der Waals surface area (Å²) in [6.07, 6.45) is 4.91. The van der Waals surface area contributed by atoms with E-state index < -0.39 is 19.0 Å². The van der Waals surface area contributed by atoms with Crippen molar-refractivity contribution in [3.8, 4) is 0 Å². The third kappa shape index (κ3) is 2.96. The van der Waals surface area contributed by atoms with Gasteiger partial charge in [0.1, 0.15) is 0 Å². The standard InChI is InChI=1S/2C10H9.C4H11Si.2BrH.Hf/c2*1-8-6-9-4-2-3-5-10(9)7-8;1-3-5-4-2;;;/h2*2-7H,1H3;5H,3-4H2,1-2H3;2*1H;/q;;;;;+2/p-2.